The average Bonchev–Trinajstić information content (AvgIpc) is 2.62. The van der Waals surface area contributed by atoms with Crippen molar-refractivity contribution < 1.29 is 14.1 Å². The minimum Gasteiger partial charge on any atom is -0.384 e. The highest BCUT2D eigenvalue weighted by atomic mass is 16.5. The fraction of sp³-hybridized carbons (Fsp3) is 0.727. The molecule has 0 aromatic carbocycles. The number of methoxy groups -OCH3 is 1. The van der Waals surface area contributed by atoms with E-state index in [1.165, 1.54) is 0 Å². The van der Waals surface area contributed by atoms with Gasteiger partial charge in [0, 0.05) is 13.5 Å². The van der Waals surface area contributed by atoms with Gasteiger partial charge in [0.2, 0.25) is 5.89 Å². The van der Waals surface area contributed by atoms with E-state index < -0.39 is 0 Å². The van der Waals surface area contributed by atoms with E-state index in [4.69, 9.17) is 9.26 Å². The fourth-order valence-electron chi connectivity index (χ4n) is 1.62. The number of Topliss-reactive ketones (excluding diaryl/α,β-unsaturated/α-hetero) is 1. The highest BCUT2D eigenvalue weighted by molar-refractivity contribution is 5.82. The maximum atomic E-state index is 11.5. The Morgan fingerprint density at radius 1 is 1.50 bits per heavy atom. The van der Waals surface area contributed by atoms with Gasteiger partial charge in [0.25, 0.3) is 0 Å². The molecule has 1 atom stereocenters. The molecule has 5 heteroatoms. The molecule has 0 saturated carbocycles. The number of carbonyl (C=O) groups is 1. The summed E-state index contributed by atoms with van der Waals surface area (Å²) < 4.78 is 10.0. The van der Waals surface area contributed by atoms with Crippen molar-refractivity contribution in [2.45, 2.75) is 33.1 Å². The standard InChI is InChI=1S/C11H18N2O3/c1-7(2)10(8(3)14)11-12-9(13-16-11)5-6-15-4/h7,10H,5-6H2,1-4H3. The van der Waals surface area contributed by atoms with Gasteiger partial charge in [-0.3, -0.25) is 4.79 Å². The third-order valence-electron chi connectivity index (χ3n) is 2.38. The zero-order chi connectivity index (χ0) is 12.1. The highest BCUT2D eigenvalue weighted by Crippen LogP contribution is 2.23. The van der Waals surface area contributed by atoms with Gasteiger partial charge in [-0.1, -0.05) is 19.0 Å². The summed E-state index contributed by atoms with van der Waals surface area (Å²) in [6, 6.07) is 0. The molecule has 1 aromatic rings. The second kappa shape index (κ2) is 5.75. The van der Waals surface area contributed by atoms with Crippen molar-refractivity contribution in [2.75, 3.05) is 13.7 Å². The first-order valence-electron chi connectivity index (χ1n) is 5.38. The van der Waals surface area contributed by atoms with Gasteiger partial charge in [-0.05, 0) is 12.8 Å². The van der Waals surface area contributed by atoms with Crippen LogP contribution in [0.15, 0.2) is 4.52 Å². The summed E-state index contributed by atoms with van der Waals surface area (Å²) in [7, 11) is 1.62. The molecule has 0 amide bonds. The number of hydrogen-bond acceptors (Lipinski definition) is 5. The van der Waals surface area contributed by atoms with E-state index in [-0.39, 0.29) is 17.6 Å². The fourth-order valence-corrected chi connectivity index (χ4v) is 1.62. The third kappa shape index (κ3) is 3.13. The van der Waals surface area contributed by atoms with Crippen molar-refractivity contribution in [1.29, 1.82) is 0 Å². The molecule has 0 saturated heterocycles. The lowest BCUT2D eigenvalue weighted by atomic mass is 9.92. The Kier molecular flexibility index (Phi) is 4.61. The molecule has 1 unspecified atom stereocenters. The molecule has 0 radical (unpaired) electrons. The van der Waals surface area contributed by atoms with Crippen LogP contribution >= 0.6 is 0 Å². The summed E-state index contributed by atoms with van der Waals surface area (Å²) in [6.07, 6.45) is 0.600. The molecule has 0 aliphatic rings. The first-order chi connectivity index (χ1) is 7.56. The summed E-state index contributed by atoms with van der Waals surface area (Å²) in [5, 5.41) is 3.82. The minimum absolute atomic E-state index is 0.0527. The Balaban J connectivity index is 2.78. The second-order valence-electron chi connectivity index (χ2n) is 4.12. The molecule has 1 aromatic heterocycles. The van der Waals surface area contributed by atoms with Crippen LogP contribution in [0.5, 0.6) is 0 Å². The van der Waals surface area contributed by atoms with Gasteiger partial charge in [-0.15, -0.1) is 0 Å². The van der Waals surface area contributed by atoms with Crippen molar-refractivity contribution in [3.63, 3.8) is 0 Å². The lowest BCUT2D eigenvalue weighted by Gasteiger charge is -2.12. The zero-order valence-electron chi connectivity index (χ0n) is 10.2. The Morgan fingerprint density at radius 2 is 2.19 bits per heavy atom. The average molecular weight is 226 g/mol. The monoisotopic (exact) mass is 226 g/mol. The van der Waals surface area contributed by atoms with E-state index in [1.807, 2.05) is 13.8 Å². The van der Waals surface area contributed by atoms with E-state index in [0.717, 1.165) is 0 Å². The number of aromatic nitrogens is 2. The normalized spacial score (nSPS) is 13.1. The first-order valence-corrected chi connectivity index (χ1v) is 5.38. The van der Waals surface area contributed by atoms with E-state index >= 15 is 0 Å². The molecule has 1 heterocycles. The quantitative estimate of drug-likeness (QED) is 0.737. The van der Waals surface area contributed by atoms with Gasteiger partial charge in [-0.2, -0.15) is 4.98 Å². The lowest BCUT2D eigenvalue weighted by Crippen LogP contribution is -2.15. The maximum Gasteiger partial charge on any atom is 0.237 e. The summed E-state index contributed by atoms with van der Waals surface area (Å²) in [5.74, 6) is 0.909. The van der Waals surface area contributed by atoms with Crippen LogP contribution in [0.25, 0.3) is 0 Å². The van der Waals surface area contributed by atoms with Crippen LogP contribution in [0.2, 0.25) is 0 Å². The van der Waals surface area contributed by atoms with Gasteiger partial charge in [0.1, 0.15) is 5.78 Å². The van der Waals surface area contributed by atoms with E-state index in [2.05, 4.69) is 10.1 Å². The smallest absolute Gasteiger partial charge is 0.237 e. The van der Waals surface area contributed by atoms with Crippen LogP contribution in [0, 0.1) is 5.92 Å². The van der Waals surface area contributed by atoms with Gasteiger partial charge < -0.3 is 9.26 Å². The molecule has 0 bridgehead atoms. The summed E-state index contributed by atoms with van der Waals surface area (Å²) in [4.78, 5) is 15.7. The van der Waals surface area contributed by atoms with Gasteiger partial charge in [0.05, 0.1) is 12.5 Å². The number of ether oxygens (including phenoxy) is 1. The molecule has 0 N–H and O–H groups in total. The number of ketones is 1. The molecule has 1 rings (SSSR count). The van der Waals surface area contributed by atoms with Crippen LogP contribution in [-0.4, -0.2) is 29.6 Å². The number of nitrogens with zero attached hydrogens (tertiary/aromatic N) is 2. The van der Waals surface area contributed by atoms with E-state index in [0.29, 0.717) is 24.7 Å². The summed E-state index contributed by atoms with van der Waals surface area (Å²) in [5.41, 5.74) is 0. The molecule has 0 aliphatic heterocycles. The topological polar surface area (TPSA) is 65.2 Å². The van der Waals surface area contributed by atoms with E-state index in [9.17, 15) is 4.79 Å². The third-order valence-corrected chi connectivity index (χ3v) is 2.38. The highest BCUT2D eigenvalue weighted by Gasteiger charge is 2.26. The SMILES string of the molecule is COCCc1noc(C(C(C)=O)C(C)C)n1. The molecule has 0 aliphatic carbocycles. The van der Waals surface area contributed by atoms with Crippen LogP contribution in [0.3, 0.4) is 0 Å². The maximum absolute atomic E-state index is 11.5. The van der Waals surface area contributed by atoms with Crippen LogP contribution in [-0.2, 0) is 16.0 Å². The largest absolute Gasteiger partial charge is 0.384 e. The van der Waals surface area contributed by atoms with Crippen molar-refractivity contribution in [3.05, 3.63) is 11.7 Å². The van der Waals surface area contributed by atoms with Crippen molar-refractivity contribution in [3.8, 4) is 0 Å². The zero-order valence-corrected chi connectivity index (χ0v) is 10.2. The summed E-state index contributed by atoms with van der Waals surface area (Å²) in [6.45, 7) is 6.02. The molecular formula is C11H18N2O3. The number of carbonyl (C=O) groups excluding carboxylic acids is 1. The van der Waals surface area contributed by atoms with Crippen molar-refractivity contribution in [2.24, 2.45) is 5.92 Å². The second-order valence-corrected chi connectivity index (χ2v) is 4.12. The Bertz CT molecular complexity index is 347. The van der Waals surface area contributed by atoms with E-state index in [1.54, 1.807) is 14.0 Å². The van der Waals surface area contributed by atoms with Crippen molar-refractivity contribution in [1.82, 2.24) is 10.1 Å². The first kappa shape index (κ1) is 12.8. The van der Waals surface area contributed by atoms with Gasteiger partial charge in [-0.25, -0.2) is 0 Å². The van der Waals surface area contributed by atoms with Gasteiger partial charge >= 0.3 is 0 Å². The lowest BCUT2D eigenvalue weighted by molar-refractivity contribution is -0.119. The van der Waals surface area contributed by atoms with Gasteiger partial charge in [0.15, 0.2) is 5.82 Å². The predicted molar refractivity (Wildman–Crippen MR) is 58.1 cm³/mol. The molecule has 90 valence electrons. The minimum atomic E-state index is -0.302. The number of rotatable bonds is 6. The number of hydrogen-bond donors (Lipinski definition) is 0. The molecule has 5 nitrogen and oxygen atoms in total. The molecule has 0 fully saturated rings. The molecule has 0 spiro atoms. The predicted octanol–water partition coefficient (Wildman–Crippen LogP) is 1.59. The van der Waals surface area contributed by atoms with Crippen LogP contribution in [0.4, 0.5) is 0 Å². The Labute approximate surface area is 95.2 Å². The van der Waals surface area contributed by atoms with Crippen molar-refractivity contribution >= 4 is 5.78 Å². The Morgan fingerprint density at radius 3 is 2.69 bits per heavy atom. The van der Waals surface area contributed by atoms with Crippen LogP contribution in [0.1, 0.15) is 38.4 Å². The van der Waals surface area contributed by atoms with Crippen LogP contribution < -0.4 is 0 Å². The summed E-state index contributed by atoms with van der Waals surface area (Å²) >= 11 is 0. The Hall–Kier alpha value is -1.23. The molecular weight excluding hydrogens is 208 g/mol. The molecule has 16 heavy (non-hydrogen) atoms.